The number of nitrogens with one attached hydrogen (secondary N) is 1. The van der Waals surface area contributed by atoms with E-state index >= 15 is 0 Å². The van der Waals surface area contributed by atoms with Crippen molar-refractivity contribution in [2.24, 2.45) is 5.92 Å². The number of hydrogen-bond acceptors (Lipinski definition) is 8. The van der Waals surface area contributed by atoms with Crippen molar-refractivity contribution in [1.29, 1.82) is 0 Å². The van der Waals surface area contributed by atoms with Gasteiger partial charge in [-0.25, -0.2) is 4.98 Å². The van der Waals surface area contributed by atoms with E-state index in [1.807, 2.05) is 12.1 Å². The third-order valence-electron chi connectivity index (χ3n) is 7.35. The maximum absolute atomic E-state index is 11.0. The van der Waals surface area contributed by atoms with Gasteiger partial charge in [-0.2, -0.15) is 0 Å². The van der Waals surface area contributed by atoms with Gasteiger partial charge in [0.15, 0.2) is 12.1 Å². The van der Waals surface area contributed by atoms with Crippen LogP contribution in [0.5, 0.6) is 0 Å². The molecule has 196 valence electrons. The van der Waals surface area contributed by atoms with Gasteiger partial charge in [-0.3, -0.25) is 9.69 Å². The Labute approximate surface area is 219 Å². The summed E-state index contributed by atoms with van der Waals surface area (Å²) >= 11 is 0. The molecule has 10 nitrogen and oxygen atoms in total. The zero-order chi connectivity index (χ0) is 25.9. The number of nitrogens with zero attached hydrogens (tertiary/aromatic N) is 4. The summed E-state index contributed by atoms with van der Waals surface area (Å²) in [4.78, 5) is 20.8. The van der Waals surface area contributed by atoms with Crippen LogP contribution >= 0.6 is 0 Å². The van der Waals surface area contributed by atoms with Gasteiger partial charge in [0, 0.05) is 6.42 Å². The van der Waals surface area contributed by atoms with E-state index < -0.39 is 5.97 Å². The number of carboxylic acid groups (broad SMARTS) is 1. The van der Waals surface area contributed by atoms with Crippen LogP contribution < -0.4 is 4.90 Å². The van der Waals surface area contributed by atoms with Gasteiger partial charge in [0.05, 0.1) is 17.6 Å². The van der Waals surface area contributed by atoms with E-state index in [1.54, 1.807) is 4.90 Å². The standard InChI is InChI=1S/C28H29N5O5/c34-25(35)14-18-6-8-20(9-7-18)21-10-11-22-23(15-21)30-26(29-22)27-31-32-28(38-27)33(24-17-36-12-13-37-24)16-19-4-2-1-3-5-19/h1-2,4,10-13,15,17-18,20H,3,5-9,14,16H2,(H,29,30)(H,34,35). The van der Waals surface area contributed by atoms with Crippen LogP contribution in [0, 0.1) is 5.92 Å². The number of carboxylic acids is 1. The van der Waals surface area contributed by atoms with Crippen molar-refractivity contribution >= 4 is 23.0 Å². The maximum Gasteiger partial charge on any atom is 0.325 e. The molecule has 0 radical (unpaired) electrons. The Morgan fingerprint density at radius 1 is 1.16 bits per heavy atom. The molecule has 0 bridgehead atoms. The first-order valence-corrected chi connectivity index (χ1v) is 13.0. The molecule has 0 amide bonds. The van der Waals surface area contributed by atoms with Gasteiger partial charge < -0.3 is 24.0 Å². The molecular weight excluding hydrogens is 486 g/mol. The summed E-state index contributed by atoms with van der Waals surface area (Å²) in [5.41, 5.74) is 4.16. The van der Waals surface area contributed by atoms with Crippen LogP contribution in [0.2, 0.25) is 0 Å². The largest absolute Gasteiger partial charge is 0.481 e. The van der Waals surface area contributed by atoms with Crippen LogP contribution in [0.4, 0.5) is 6.01 Å². The normalized spacial score (nSPS) is 20.9. The molecule has 2 N–H and O–H groups in total. The second kappa shape index (κ2) is 10.6. The highest BCUT2D eigenvalue weighted by Crippen LogP contribution is 2.38. The van der Waals surface area contributed by atoms with Gasteiger partial charge in [-0.15, -0.1) is 5.10 Å². The topological polar surface area (TPSA) is 127 Å². The first kappa shape index (κ1) is 24.0. The molecule has 3 aliphatic rings. The van der Waals surface area contributed by atoms with Crippen molar-refractivity contribution < 1.29 is 23.8 Å². The molecule has 1 aliphatic heterocycles. The number of carbonyl (C=O) groups is 1. The summed E-state index contributed by atoms with van der Waals surface area (Å²) in [6.07, 6.45) is 16.7. The number of rotatable bonds is 8. The average Bonchev–Trinajstić information content (AvgIpc) is 3.60. The molecule has 2 aliphatic carbocycles. The Kier molecular flexibility index (Phi) is 6.68. The number of fused-ring (bicyclic) bond motifs is 1. The molecule has 10 heteroatoms. The lowest BCUT2D eigenvalue weighted by Gasteiger charge is -2.27. The number of anilines is 1. The molecule has 0 unspecified atom stereocenters. The highest BCUT2D eigenvalue weighted by molar-refractivity contribution is 5.79. The second-order valence-corrected chi connectivity index (χ2v) is 9.93. The number of ether oxygens (including phenoxy) is 2. The number of aromatic amines is 1. The minimum atomic E-state index is -0.705. The summed E-state index contributed by atoms with van der Waals surface area (Å²) in [5.74, 6) is 1.22. The lowest BCUT2D eigenvalue weighted by molar-refractivity contribution is -0.138. The van der Waals surface area contributed by atoms with Crippen molar-refractivity contribution in [3.63, 3.8) is 0 Å². The Morgan fingerprint density at radius 3 is 2.82 bits per heavy atom. The second-order valence-electron chi connectivity index (χ2n) is 9.93. The fourth-order valence-electron chi connectivity index (χ4n) is 5.36. The van der Waals surface area contributed by atoms with E-state index in [0.717, 1.165) is 49.6 Å². The van der Waals surface area contributed by atoms with Crippen molar-refractivity contribution in [2.45, 2.75) is 50.9 Å². The number of hydrogen-bond donors (Lipinski definition) is 2. The molecule has 0 atom stereocenters. The van der Waals surface area contributed by atoms with Gasteiger partial charge in [-0.1, -0.05) is 29.4 Å². The van der Waals surface area contributed by atoms with E-state index in [2.05, 4.69) is 44.5 Å². The summed E-state index contributed by atoms with van der Waals surface area (Å²) in [6.45, 7) is 0.521. The minimum absolute atomic E-state index is 0.265. The average molecular weight is 516 g/mol. The first-order chi connectivity index (χ1) is 18.6. The van der Waals surface area contributed by atoms with Crippen molar-refractivity contribution in [3.8, 4) is 11.7 Å². The molecule has 0 spiro atoms. The number of H-pyrrole nitrogens is 1. The van der Waals surface area contributed by atoms with E-state index in [-0.39, 0.29) is 24.2 Å². The third kappa shape index (κ3) is 5.20. The predicted octanol–water partition coefficient (Wildman–Crippen LogP) is 5.76. The lowest BCUT2D eigenvalue weighted by Crippen LogP contribution is -2.27. The van der Waals surface area contributed by atoms with Crippen LogP contribution in [0.25, 0.3) is 22.7 Å². The van der Waals surface area contributed by atoms with Gasteiger partial charge in [-0.05, 0) is 73.6 Å². The third-order valence-corrected chi connectivity index (χ3v) is 7.35. The zero-order valence-electron chi connectivity index (χ0n) is 20.9. The number of benzene rings is 1. The Hall–Kier alpha value is -4.34. The molecule has 2 aromatic heterocycles. The van der Waals surface area contributed by atoms with E-state index in [1.165, 1.54) is 29.9 Å². The fraction of sp³-hybridized carbons (Fsp3) is 0.357. The molecule has 0 saturated heterocycles. The highest BCUT2D eigenvalue weighted by Gasteiger charge is 2.26. The van der Waals surface area contributed by atoms with Crippen molar-refractivity contribution in [3.05, 3.63) is 72.2 Å². The Balaban J connectivity index is 1.21. The fourth-order valence-corrected chi connectivity index (χ4v) is 5.36. The van der Waals surface area contributed by atoms with Gasteiger partial charge >= 0.3 is 12.0 Å². The predicted molar refractivity (Wildman–Crippen MR) is 140 cm³/mol. The number of aliphatic carboxylic acids is 1. The van der Waals surface area contributed by atoms with Crippen molar-refractivity contribution in [1.82, 2.24) is 20.2 Å². The molecule has 1 aromatic carbocycles. The smallest absolute Gasteiger partial charge is 0.325 e. The van der Waals surface area contributed by atoms with Gasteiger partial charge in [0.1, 0.15) is 12.5 Å². The molecule has 6 rings (SSSR count). The van der Waals surface area contributed by atoms with Crippen molar-refractivity contribution in [2.75, 3.05) is 11.4 Å². The monoisotopic (exact) mass is 515 g/mol. The quantitative estimate of drug-likeness (QED) is 0.385. The number of imidazole rings is 1. The lowest BCUT2D eigenvalue weighted by atomic mass is 9.77. The Bertz CT molecular complexity index is 1440. The van der Waals surface area contributed by atoms with E-state index in [4.69, 9.17) is 19.0 Å². The number of allylic oxidation sites excluding steroid dienone is 3. The van der Waals surface area contributed by atoms with Gasteiger partial charge in [0.2, 0.25) is 5.88 Å². The first-order valence-electron chi connectivity index (χ1n) is 13.0. The summed E-state index contributed by atoms with van der Waals surface area (Å²) in [5, 5.41) is 17.6. The minimum Gasteiger partial charge on any atom is -0.481 e. The highest BCUT2D eigenvalue weighted by atomic mass is 16.5. The van der Waals surface area contributed by atoms with Crippen LogP contribution in [0.15, 0.2) is 71.1 Å². The SMILES string of the molecule is O=C(O)CC1CCC(c2ccc3nc(-c4nnc(N(CC5=CC=CCC5)C5=COC=CO5)o4)[nH]c3c2)CC1. The van der Waals surface area contributed by atoms with Crippen LogP contribution in [0.1, 0.15) is 56.4 Å². The van der Waals surface area contributed by atoms with E-state index in [0.29, 0.717) is 24.2 Å². The van der Waals surface area contributed by atoms with Crippen LogP contribution in [0.3, 0.4) is 0 Å². The Morgan fingerprint density at radius 2 is 2.05 bits per heavy atom. The molecule has 1 fully saturated rings. The van der Waals surface area contributed by atoms with Crippen LogP contribution in [-0.2, 0) is 14.3 Å². The number of aromatic nitrogens is 4. The zero-order valence-corrected chi connectivity index (χ0v) is 20.9. The molecule has 3 heterocycles. The maximum atomic E-state index is 11.0. The van der Waals surface area contributed by atoms with Gasteiger partial charge in [0.25, 0.3) is 5.89 Å². The molecule has 38 heavy (non-hydrogen) atoms. The summed E-state index contributed by atoms with van der Waals surface area (Å²) in [7, 11) is 0. The van der Waals surface area contributed by atoms with Crippen LogP contribution in [-0.4, -0.2) is 37.8 Å². The molecular formula is C28H29N5O5. The summed E-state index contributed by atoms with van der Waals surface area (Å²) in [6, 6.07) is 6.53. The van der Waals surface area contributed by atoms with E-state index in [9.17, 15) is 4.79 Å². The summed E-state index contributed by atoms with van der Waals surface area (Å²) < 4.78 is 17.0. The molecule has 1 saturated carbocycles. The molecule has 3 aromatic rings.